The maximum absolute atomic E-state index is 10.7. The van der Waals surface area contributed by atoms with Crippen molar-refractivity contribution in [3.63, 3.8) is 0 Å². The Hall–Kier alpha value is -0.790. The number of hydrogen-bond donors (Lipinski definition) is 0. The summed E-state index contributed by atoms with van der Waals surface area (Å²) in [7, 11) is 1.42. The first kappa shape index (κ1) is 14.2. The van der Waals surface area contributed by atoms with Crippen molar-refractivity contribution in [2.24, 2.45) is 0 Å². The summed E-state index contributed by atoms with van der Waals surface area (Å²) < 4.78 is 4.53. The van der Waals surface area contributed by atoms with E-state index in [9.17, 15) is 4.79 Å². The topological polar surface area (TPSA) is 26.3 Å². The fraction of sp³-hybridized carbons (Fsp3) is 0.769. The number of ether oxygens (including phenoxy) is 1. The van der Waals surface area contributed by atoms with Crippen LogP contribution in [0.5, 0.6) is 0 Å². The van der Waals surface area contributed by atoms with Crippen LogP contribution in [0, 0.1) is 0 Å². The molecule has 0 spiro atoms. The molecule has 0 aromatic carbocycles. The lowest BCUT2D eigenvalue weighted by atomic mass is 10.1. The van der Waals surface area contributed by atoms with Crippen molar-refractivity contribution in [1.82, 2.24) is 0 Å². The van der Waals surface area contributed by atoms with E-state index in [-0.39, 0.29) is 5.97 Å². The van der Waals surface area contributed by atoms with E-state index in [0.717, 1.165) is 6.42 Å². The molecule has 15 heavy (non-hydrogen) atoms. The number of carbonyl (C=O) groups excluding carboxylic acids is 1. The molecule has 0 aromatic heterocycles. The molecule has 2 heteroatoms. The number of esters is 1. The molecule has 0 aliphatic heterocycles. The smallest absolute Gasteiger partial charge is 0.309 e. The van der Waals surface area contributed by atoms with Gasteiger partial charge in [0.25, 0.3) is 0 Å². The molecule has 0 aliphatic rings. The SMILES string of the molecule is CCCCCCCC/C=C/CC(=O)OC. The van der Waals surface area contributed by atoms with Gasteiger partial charge in [-0.25, -0.2) is 0 Å². The van der Waals surface area contributed by atoms with Gasteiger partial charge in [-0.05, 0) is 12.8 Å². The van der Waals surface area contributed by atoms with E-state index in [1.54, 1.807) is 0 Å². The van der Waals surface area contributed by atoms with Crippen LogP contribution in [0.3, 0.4) is 0 Å². The summed E-state index contributed by atoms with van der Waals surface area (Å²) in [6, 6.07) is 0. The number of allylic oxidation sites excluding steroid dienone is 1. The predicted molar refractivity (Wildman–Crippen MR) is 63.8 cm³/mol. The van der Waals surface area contributed by atoms with Gasteiger partial charge in [0.15, 0.2) is 0 Å². The van der Waals surface area contributed by atoms with Gasteiger partial charge in [0.2, 0.25) is 0 Å². The highest BCUT2D eigenvalue weighted by atomic mass is 16.5. The largest absolute Gasteiger partial charge is 0.469 e. The van der Waals surface area contributed by atoms with E-state index in [2.05, 4.69) is 17.7 Å². The fourth-order valence-corrected chi connectivity index (χ4v) is 1.42. The molecule has 0 N–H and O–H groups in total. The van der Waals surface area contributed by atoms with E-state index < -0.39 is 0 Å². The molecule has 0 saturated heterocycles. The van der Waals surface area contributed by atoms with Crippen molar-refractivity contribution >= 4 is 5.97 Å². The van der Waals surface area contributed by atoms with Crippen LogP contribution < -0.4 is 0 Å². The zero-order valence-electron chi connectivity index (χ0n) is 10.1. The first-order valence-corrected chi connectivity index (χ1v) is 6.03. The summed E-state index contributed by atoms with van der Waals surface area (Å²) in [5.74, 6) is -0.158. The zero-order chi connectivity index (χ0) is 11.4. The number of carbonyl (C=O) groups is 1. The molecular formula is C13H24O2. The van der Waals surface area contributed by atoms with E-state index in [1.165, 1.54) is 45.6 Å². The summed E-state index contributed by atoms with van der Waals surface area (Å²) in [5.41, 5.74) is 0. The predicted octanol–water partition coefficient (Wildman–Crippen LogP) is 3.86. The third kappa shape index (κ3) is 11.1. The second-order valence-corrected chi connectivity index (χ2v) is 3.81. The van der Waals surface area contributed by atoms with Crippen molar-refractivity contribution in [2.45, 2.75) is 58.3 Å². The molecule has 88 valence electrons. The average molecular weight is 212 g/mol. The van der Waals surface area contributed by atoms with Crippen molar-refractivity contribution in [3.05, 3.63) is 12.2 Å². The molecule has 0 bridgehead atoms. The molecule has 0 rings (SSSR count). The van der Waals surface area contributed by atoms with Crippen molar-refractivity contribution in [1.29, 1.82) is 0 Å². The van der Waals surface area contributed by atoms with Crippen LogP contribution in [0.1, 0.15) is 58.3 Å². The lowest BCUT2D eigenvalue weighted by Gasteiger charge is -1.97. The van der Waals surface area contributed by atoms with E-state index in [0.29, 0.717) is 6.42 Å². The third-order valence-electron chi connectivity index (χ3n) is 2.40. The van der Waals surface area contributed by atoms with Crippen LogP contribution in [0.25, 0.3) is 0 Å². The Morgan fingerprint density at radius 2 is 1.73 bits per heavy atom. The van der Waals surface area contributed by atoms with Crippen molar-refractivity contribution < 1.29 is 9.53 Å². The number of rotatable bonds is 9. The third-order valence-corrected chi connectivity index (χ3v) is 2.40. The van der Waals surface area contributed by atoms with Gasteiger partial charge in [-0.15, -0.1) is 0 Å². The minimum atomic E-state index is -0.158. The van der Waals surface area contributed by atoms with Crippen LogP contribution in [0.2, 0.25) is 0 Å². The first-order valence-electron chi connectivity index (χ1n) is 6.03. The average Bonchev–Trinajstić information content (AvgIpc) is 2.26. The highest BCUT2D eigenvalue weighted by molar-refractivity contribution is 5.70. The molecule has 0 aliphatic carbocycles. The van der Waals surface area contributed by atoms with Gasteiger partial charge in [-0.2, -0.15) is 0 Å². The summed E-state index contributed by atoms with van der Waals surface area (Å²) in [6.07, 6.45) is 13.4. The molecule has 0 aromatic rings. The molecule has 0 saturated carbocycles. The number of hydrogen-bond acceptors (Lipinski definition) is 2. The monoisotopic (exact) mass is 212 g/mol. The van der Waals surface area contributed by atoms with Gasteiger partial charge in [-0.3, -0.25) is 4.79 Å². The molecule has 0 unspecified atom stereocenters. The highest BCUT2D eigenvalue weighted by Gasteiger charge is 1.93. The Morgan fingerprint density at radius 1 is 1.07 bits per heavy atom. The molecule has 0 amide bonds. The summed E-state index contributed by atoms with van der Waals surface area (Å²) in [6.45, 7) is 2.23. The number of methoxy groups -OCH3 is 1. The van der Waals surface area contributed by atoms with Gasteiger partial charge in [0, 0.05) is 0 Å². The summed E-state index contributed by atoms with van der Waals surface area (Å²) in [4.78, 5) is 10.7. The maximum atomic E-state index is 10.7. The van der Waals surface area contributed by atoms with Crippen LogP contribution in [-0.2, 0) is 9.53 Å². The minimum absolute atomic E-state index is 0.158. The summed E-state index contributed by atoms with van der Waals surface area (Å²) in [5, 5.41) is 0. The first-order chi connectivity index (χ1) is 7.31. The van der Waals surface area contributed by atoms with Crippen LogP contribution in [0.4, 0.5) is 0 Å². The lowest BCUT2D eigenvalue weighted by Crippen LogP contribution is -1.96. The van der Waals surface area contributed by atoms with Crippen LogP contribution >= 0.6 is 0 Å². The molecule has 0 heterocycles. The van der Waals surface area contributed by atoms with Crippen LogP contribution in [0.15, 0.2) is 12.2 Å². The maximum Gasteiger partial charge on any atom is 0.309 e. The second kappa shape index (κ2) is 11.3. The minimum Gasteiger partial charge on any atom is -0.469 e. The van der Waals surface area contributed by atoms with Crippen molar-refractivity contribution in [3.8, 4) is 0 Å². The Balaban J connectivity index is 3.13. The normalized spacial score (nSPS) is 10.8. The highest BCUT2D eigenvalue weighted by Crippen LogP contribution is 2.07. The van der Waals surface area contributed by atoms with Gasteiger partial charge in [0.1, 0.15) is 0 Å². The molecule has 2 nitrogen and oxygen atoms in total. The Kier molecular flexibility index (Phi) is 10.7. The van der Waals surface area contributed by atoms with Gasteiger partial charge >= 0.3 is 5.97 Å². The van der Waals surface area contributed by atoms with Gasteiger partial charge in [0.05, 0.1) is 13.5 Å². The Bertz CT molecular complexity index is 173. The van der Waals surface area contributed by atoms with Gasteiger partial charge < -0.3 is 4.74 Å². The standard InChI is InChI=1S/C13H24O2/c1-3-4-5-6-7-8-9-10-11-12-13(14)15-2/h10-11H,3-9,12H2,1-2H3/b11-10+. The van der Waals surface area contributed by atoms with Gasteiger partial charge in [-0.1, -0.05) is 51.2 Å². The Labute approximate surface area is 93.7 Å². The Morgan fingerprint density at radius 3 is 2.40 bits per heavy atom. The van der Waals surface area contributed by atoms with Crippen molar-refractivity contribution in [2.75, 3.05) is 7.11 Å². The molecule has 0 atom stereocenters. The molecular weight excluding hydrogens is 188 g/mol. The fourth-order valence-electron chi connectivity index (χ4n) is 1.42. The quantitative estimate of drug-likeness (QED) is 0.329. The van der Waals surface area contributed by atoms with Crippen LogP contribution in [-0.4, -0.2) is 13.1 Å². The second-order valence-electron chi connectivity index (χ2n) is 3.81. The summed E-state index contributed by atoms with van der Waals surface area (Å²) >= 11 is 0. The van der Waals surface area contributed by atoms with E-state index in [1.807, 2.05) is 6.08 Å². The molecule has 0 radical (unpaired) electrons. The van der Waals surface area contributed by atoms with E-state index >= 15 is 0 Å². The molecule has 0 fully saturated rings. The lowest BCUT2D eigenvalue weighted by molar-refractivity contribution is -0.139. The zero-order valence-corrected chi connectivity index (χ0v) is 10.1. The van der Waals surface area contributed by atoms with E-state index in [4.69, 9.17) is 0 Å². The number of unbranched alkanes of at least 4 members (excludes halogenated alkanes) is 6.